The van der Waals surface area contributed by atoms with Gasteiger partial charge in [0.05, 0.1) is 16.2 Å². The summed E-state index contributed by atoms with van der Waals surface area (Å²) in [5, 5.41) is 0.297. The maximum absolute atomic E-state index is 12.8. The Morgan fingerprint density at radius 2 is 2.00 bits per heavy atom. The topological polar surface area (TPSA) is 45.8 Å². The van der Waals surface area contributed by atoms with Crippen molar-refractivity contribution in [2.75, 3.05) is 0 Å². The van der Waals surface area contributed by atoms with Crippen LogP contribution in [0.1, 0.15) is 34.0 Å². The number of halogens is 3. The van der Waals surface area contributed by atoms with Gasteiger partial charge in [0.2, 0.25) is 0 Å². The van der Waals surface area contributed by atoms with E-state index in [1.165, 1.54) is 29.2 Å². The lowest BCUT2D eigenvalue weighted by atomic mass is 10.2. The highest BCUT2D eigenvalue weighted by Crippen LogP contribution is 2.37. The second-order valence-electron chi connectivity index (χ2n) is 5.70. The molecule has 0 aliphatic heterocycles. The number of aromatic amines is 1. The SMILES string of the molecule is Cc1sc2nc([C@H](C)Sc3cccc(C(F)(F)F)c3)[nH]c(=O)c2c1C. The van der Waals surface area contributed by atoms with Crippen molar-refractivity contribution >= 4 is 33.3 Å². The standard InChI is InChI=1S/C17H15F3N2OS2/c1-8-9(2)25-16-13(8)15(23)21-14(22-16)10(3)24-12-6-4-5-11(7-12)17(18,19)20/h4-7,10H,1-3H3,(H,21,22,23)/t10-/m0/s1. The van der Waals surface area contributed by atoms with Crippen molar-refractivity contribution in [3.8, 4) is 0 Å². The van der Waals surface area contributed by atoms with Crippen molar-refractivity contribution in [1.82, 2.24) is 9.97 Å². The number of thioether (sulfide) groups is 1. The first kappa shape index (κ1) is 18.0. The molecule has 3 aromatic rings. The minimum absolute atomic E-state index is 0.210. The molecule has 0 fully saturated rings. The molecule has 0 bridgehead atoms. The Morgan fingerprint density at radius 3 is 2.68 bits per heavy atom. The predicted octanol–water partition coefficient (Wildman–Crippen LogP) is 5.47. The van der Waals surface area contributed by atoms with E-state index in [4.69, 9.17) is 0 Å². The van der Waals surface area contributed by atoms with Gasteiger partial charge in [-0.15, -0.1) is 23.1 Å². The highest BCUT2D eigenvalue weighted by molar-refractivity contribution is 7.99. The zero-order valence-corrected chi connectivity index (χ0v) is 15.3. The molecule has 0 radical (unpaired) electrons. The molecule has 2 heterocycles. The van der Waals surface area contributed by atoms with Crippen molar-refractivity contribution < 1.29 is 13.2 Å². The number of rotatable bonds is 3. The van der Waals surface area contributed by atoms with Crippen molar-refractivity contribution in [3.63, 3.8) is 0 Å². The minimum Gasteiger partial charge on any atom is -0.309 e. The summed E-state index contributed by atoms with van der Waals surface area (Å²) >= 11 is 2.67. The molecule has 132 valence electrons. The molecule has 0 amide bonds. The Kier molecular flexibility index (Phi) is 4.68. The number of thiophene rings is 1. The third kappa shape index (κ3) is 3.59. The van der Waals surface area contributed by atoms with Crippen LogP contribution in [-0.4, -0.2) is 9.97 Å². The molecule has 0 saturated heterocycles. The Balaban J connectivity index is 1.93. The first-order chi connectivity index (χ1) is 11.7. The Labute approximate surface area is 150 Å². The van der Waals surface area contributed by atoms with Gasteiger partial charge in [0, 0.05) is 9.77 Å². The van der Waals surface area contributed by atoms with Gasteiger partial charge >= 0.3 is 6.18 Å². The molecule has 1 aromatic carbocycles. The van der Waals surface area contributed by atoms with E-state index >= 15 is 0 Å². The second kappa shape index (κ2) is 6.49. The van der Waals surface area contributed by atoms with Crippen LogP contribution >= 0.6 is 23.1 Å². The molecule has 0 spiro atoms. The van der Waals surface area contributed by atoms with Crippen LogP contribution in [0.3, 0.4) is 0 Å². The average molecular weight is 384 g/mol. The van der Waals surface area contributed by atoms with Gasteiger partial charge in [-0.3, -0.25) is 4.79 Å². The van der Waals surface area contributed by atoms with Gasteiger partial charge in [-0.05, 0) is 44.5 Å². The minimum atomic E-state index is -4.38. The van der Waals surface area contributed by atoms with Gasteiger partial charge in [0.15, 0.2) is 0 Å². The van der Waals surface area contributed by atoms with Gasteiger partial charge in [0.25, 0.3) is 5.56 Å². The van der Waals surface area contributed by atoms with Crippen LogP contribution in [0.5, 0.6) is 0 Å². The van der Waals surface area contributed by atoms with E-state index in [0.717, 1.165) is 22.6 Å². The van der Waals surface area contributed by atoms with E-state index in [0.29, 0.717) is 20.9 Å². The van der Waals surface area contributed by atoms with Gasteiger partial charge in [-0.2, -0.15) is 13.2 Å². The van der Waals surface area contributed by atoms with E-state index < -0.39 is 11.7 Å². The summed E-state index contributed by atoms with van der Waals surface area (Å²) in [5.41, 5.74) is 0.0166. The van der Waals surface area contributed by atoms with Gasteiger partial charge in [-0.25, -0.2) is 4.98 Å². The van der Waals surface area contributed by atoms with Crippen LogP contribution in [0, 0.1) is 13.8 Å². The molecule has 1 atom stereocenters. The number of fused-ring (bicyclic) bond motifs is 1. The molecule has 1 N–H and O–H groups in total. The number of aryl methyl sites for hydroxylation is 2. The maximum atomic E-state index is 12.8. The quantitative estimate of drug-likeness (QED) is 0.609. The van der Waals surface area contributed by atoms with Gasteiger partial charge in [0.1, 0.15) is 10.7 Å². The Bertz CT molecular complexity index is 992. The monoisotopic (exact) mass is 384 g/mol. The van der Waals surface area contributed by atoms with E-state index in [-0.39, 0.29) is 10.8 Å². The highest BCUT2D eigenvalue weighted by Gasteiger charge is 2.30. The number of alkyl halides is 3. The van der Waals surface area contributed by atoms with E-state index in [1.54, 1.807) is 6.07 Å². The van der Waals surface area contributed by atoms with E-state index in [2.05, 4.69) is 9.97 Å². The summed E-state index contributed by atoms with van der Waals surface area (Å²) in [6.07, 6.45) is -4.38. The zero-order chi connectivity index (χ0) is 18.4. The summed E-state index contributed by atoms with van der Waals surface area (Å²) < 4.78 is 38.5. The fourth-order valence-corrected chi connectivity index (χ4v) is 4.49. The molecule has 8 heteroatoms. The van der Waals surface area contributed by atoms with Gasteiger partial charge in [-0.1, -0.05) is 6.07 Å². The molecule has 0 aliphatic carbocycles. The summed E-state index contributed by atoms with van der Waals surface area (Å²) in [5.74, 6) is 0.459. The fraction of sp³-hybridized carbons (Fsp3) is 0.294. The largest absolute Gasteiger partial charge is 0.416 e. The lowest BCUT2D eigenvalue weighted by Crippen LogP contribution is -2.12. The zero-order valence-electron chi connectivity index (χ0n) is 13.7. The van der Waals surface area contributed by atoms with E-state index in [9.17, 15) is 18.0 Å². The summed E-state index contributed by atoms with van der Waals surface area (Å²) in [6.45, 7) is 5.62. The molecule has 25 heavy (non-hydrogen) atoms. The molecule has 3 rings (SSSR count). The van der Waals surface area contributed by atoms with Crippen molar-refractivity contribution in [3.05, 3.63) is 56.4 Å². The number of hydrogen-bond acceptors (Lipinski definition) is 4. The molecule has 0 aliphatic rings. The van der Waals surface area contributed by atoms with Crippen molar-refractivity contribution in [2.24, 2.45) is 0 Å². The van der Waals surface area contributed by atoms with Crippen molar-refractivity contribution in [1.29, 1.82) is 0 Å². The lowest BCUT2D eigenvalue weighted by Gasteiger charge is -2.12. The van der Waals surface area contributed by atoms with E-state index in [1.807, 2.05) is 20.8 Å². The van der Waals surface area contributed by atoms with Crippen molar-refractivity contribution in [2.45, 2.75) is 37.1 Å². The fourth-order valence-electron chi connectivity index (χ4n) is 2.47. The van der Waals surface area contributed by atoms with Crippen LogP contribution in [0.4, 0.5) is 13.2 Å². The summed E-state index contributed by atoms with van der Waals surface area (Å²) in [4.78, 5) is 21.8. The molecule has 0 saturated carbocycles. The highest BCUT2D eigenvalue weighted by atomic mass is 32.2. The van der Waals surface area contributed by atoms with Crippen LogP contribution in [0.25, 0.3) is 10.2 Å². The Morgan fingerprint density at radius 1 is 1.28 bits per heavy atom. The first-order valence-corrected chi connectivity index (χ1v) is 9.20. The number of nitrogens with zero attached hydrogens (tertiary/aromatic N) is 1. The van der Waals surface area contributed by atoms with Gasteiger partial charge < -0.3 is 4.98 Å². The van der Waals surface area contributed by atoms with Crippen LogP contribution < -0.4 is 5.56 Å². The number of nitrogens with one attached hydrogen (secondary N) is 1. The van der Waals surface area contributed by atoms with Crippen LogP contribution in [-0.2, 0) is 6.18 Å². The lowest BCUT2D eigenvalue weighted by molar-refractivity contribution is -0.137. The maximum Gasteiger partial charge on any atom is 0.416 e. The predicted molar refractivity (Wildman–Crippen MR) is 95.4 cm³/mol. The number of aromatic nitrogens is 2. The first-order valence-electron chi connectivity index (χ1n) is 7.50. The third-order valence-electron chi connectivity index (χ3n) is 3.92. The third-order valence-corrected chi connectivity index (χ3v) is 6.12. The normalized spacial score (nSPS) is 13.4. The number of hydrogen-bond donors (Lipinski definition) is 1. The molecular formula is C17H15F3N2OS2. The molecule has 3 nitrogen and oxygen atoms in total. The summed E-state index contributed by atoms with van der Waals surface area (Å²) in [7, 11) is 0. The molecular weight excluding hydrogens is 369 g/mol. The summed E-state index contributed by atoms with van der Waals surface area (Å²) in [6, 6.07) is 5.14. The second-order valence-corrected chi connectivity index (χ2v) is 8.32. The van der Waals surface area contributed by atoms with Crippen LogP contribution in [0.2, 0.25) is 0 Å². The van der Waals surface area contributed by atoms with Crippen LogP contribution in [0.15, 0.2) is 34.0 Å². The number of benzene rings is 1. The Hall–Kier alpha value is -1.80. The average Bonchev–Trinajstić information content (AvgIpc) is 2.81. The smallest absolute Gasteiger partial charge is 0.309 e. The molecule has 0 unspecified atom stereocenters. The number of H-pyrrole nitrogens is 1. The molecule has 2 aromatic heterocycles.